The normalized spacial score (nSPS) is 12.9. The molecule has 0 amide bonds. The third-order valence-corrected chi connectivity index (χ3v) is 4.54. The lowest BCUT2D eigenvalue weighted by atomic mass is 9.87. The fourth-order valence-corrected chi connectivity index (χ4v) is 3.31. The molecule has 1 atom stereocenters. The lowest BCUT2D eigenvalue weighted by Gasteiger charge is -2.28. The Bertz CT molecular complexity index is 862. The molecular weight excluding hydrogens is 390 g/mol. The summed E-state index contributed by atoms with van der Waals surface area (Å²) in [5.74, 6) is -0.891. The van der Waals surface area contributed by atoms with E-state index in [0.717, 1.165) is 11.1 Å². The van der Waals surface area contributed by atoms with Crippen molar-refractivity contribution in [2.24, 2.45) is 10.9 Å². The number of nitrogens with zero attached hydrogens (tertiary/aromatic N) is 1. The molecule has 0 bridgehead atoms. The van der Waals surface area contributed by atoms with Crippen LogP contribution < -0.4 is 0 Å². The average molecular weight is 422 g/mol. The van der Waals surface area contributed by atoms with Crippen molar-refractivity contribution in [3.8, 4) is 0 Å². The summed E-state index contributed by atoms with van der Waals surface area (Å²) in [5.41, 5.74) is 1.03. The Labute approximate surface area is 184 Å². The maximum absolute atomic E-state index is 13.2. The number of hydrogen-bond acceptors (Lipinski definition) is 5. The topological polar surface area (TPSA) is 65.0 Å². The molecular formula is C26H31NO4. The molecule has 164 valence electrons. The Balaban J connectivity index is 2.73. The first-order chi connectivity index (χ1) is 14.9. The van der Waals surface area contributed by atoms with Crippen LogP contribution in [-0.4, -0.2) is 36.4 Å². The van der Waals surface area contributed by atoms with E-state index in [9.17, 15) is 9.59 Å². The minimum absolute atomic E-state index is 0.118. The fraction of sp³-hybridized carbons (Fsp3) is 0.346. The lowest BCUT2D eigenvalue weighted by Crippen LogP contribution is -2.39. The van der Waals surface area contributed by atoms with Crippen LogP contribution in [0.2, 0.25) is 0 Å². The average Bonchev–Trinajstić information content (AvgIpc) is 2.77. The molecule has 0 aromatic heterocycles. The summed E-state index contributed by atoms with van der Waals surface area (Å²) in [5, 5.41) is 0. The Morgan fingerprint density at radius 3 is 1.87 bits per heavy atom. The van der Waals surface area contributed by atoms with Crippen molar-refractivity contribution in [3.05, 3.63) is 83.9 Å². The van der Waals surface area contributed by atoms with E-state index in [1.807, 2.05) is 74.5 Å². The molecule has 31 heavy (non-hydrogen) atoms. The summed E-state index contributed by atoms with van der Waals surface area (Å²) in [6, 6.07) is 19.4. The van der Waals surface area contributed by atoms with Gasteiger partial charge in [-0.3, -0.25) is 4.99 Å². The second kappa shape index (κ2) is 11.8. The molecule has 0 aliphatic carbocycles. The van der Waals surface area contributed by atoms with E-state index >= 15 is 0 Å². The number of benzene rings is 2. The monoisotopic (exact) mass is 421 g/mol. The van der Waals surface area contributed by atoms with Gasteiger partial charge in [0.1, 0.15) is 0 Å². The van der Waals surface area contributed by atoms with Gasteiger partial charge >= 0.3 is 11.9 Å². The van der Waals surface area contributed by atoms with E-state index in [-0.39, 0.29) is 19.1 Å². The van der Waals surface area contributed by atoms with Crippen LogP contribution in [0.15, 0.2) is 77.8 Å². The first-order valence-electron chi connectivity index (χ1n) is 10.7. The van der Waals surface area contributed by atoms with E-state index in [2.05, 4.69) is 0 Å². The summed E-state index contributed by atoms with van der Waals surface area (Å²) < 4.78 is 10.5. The number of ether oxygens (including phenoxy) is 2. The molecule has 0 N–H and O–H groups in total. The molecule has 0 saturated heterocycles. The fourth-order valence-electron chi connectivity index (χ4n) is 3.31. The summed E-state index contributed by atoms with van der Waals surface area (Å²) in [6.07, 6.45) is 3.18. The highest BCUT2D eigenvalue weighted by molar-refractivity contribution is 6.14. The van der Waals surface area contributed by atoms with Crippen molar-refractivity contribution in [2.75, 3.05) is 13.2 Å². The highest BCUT2D eigenvalue weighted by Crippen LogP contribution is 2.28. The van der Waals surface area contributed by atoms with Crippen LogP contribution in [0.1, 0.15) is 45.2 Å². The number of esters is 2. The maximum Gasteiger partial charge on any atom is 0.338 e. The molecule has 2 aromatic carbocycles. The van der Waals surface area contributed by atoms with Gasteiger partial charge in [0.2, 0.25) is 0 Å². The molecule has 2 aromatic rings. The molecule has 0 heterocycles. The van der Waals surface area contributed by atoms with Gasteiger partial charge in [-0.1, -0.05) is 74.5 Å². The van der Waals surface area contributed by atoms with Crippen LogP contribution in [0.5, 0.6) is 0 Å². The van der Waals surface area contributed by atoms with Crippen LogP contribution in [0.4, 0.5) is 0 Å². The number of rotatable bonds is 10. The van der Waals surface area contributed by atoms with Crippen LogP contribution >= 0.6 is 0 Å². The van der Waals surface area contributed by atoms with Gasteiger partial charge in [-0.25, -0.2) is 9.59 Å². The Morgan fingerprint density at radius 1 is 0.903 bits per heavy atom. The molecule has 1 unspecified atom stereocenters. The molecule has 2 rings (SSSR count). The molecule has 0 spiro atoms. The predicted molar refractivity (Wildman–Crippen MR) is 123 cm³/mol. The third kappa shape index (κ3) is 6.92. The van der Waals surface area contributed by atoms with Gasteiger partial charge in [0.05, 0.1) is 18.9 Å². The van der Waals surface area contributed by atoms with Gasteiger partial charge in [0.25, 0.3) is 0 Å². The second-order valence-corrected chi connectivity index (χ2v) is 7.52. The number of hydrogen-bond donors (Lipinski definition) is 0. The van der Waals surface area contributed by atoms with Crippen molar-refractivity contribution in [1.29, 1.82) is 0 Å². The molecule has 0 aliphatic rings. The maximum atomic E-state index is 13.2. The third-order valence-electron chi connectivity index (χ3n) is 4.54. The lowest BCUT2D eigenvalue weighted by molar-refractivity contribution is -0.148. The van der Waals surface area contributed by atoms with E-state index in [0.29, 0.717) is 12.1 Å². The van der Waals surface area contributed by atoms with Gasteiger partial charge in [0.15, 0.2) is 5.54 Å². The molecule has 5 nitrogen and oxygen atoms in total. The smallest absolute Gasteiger partial charge is 0.338 e. The minimum atomic E-state index is -1.36. The van der Waals surface area contributed by atoms with Crippen molar-refractivity contribution < 1.29 is 19.1 Å². The van der Waals surface area contributed by atoms with Crippen LogP contribution in [-0.2, 0) is 19.1 Å². The summed E-state index contributed by atoms with van der Waals surface area (Å²) in [7, 11) is 0. The molecule has 0 radical (unpaired) electrons. The number of carbonyl (C=O) groups excluding carboxylic acids is 2. The van der Waals surface area contributed by atoms with E-state index in [4.69, 9.17) is 14.5 Å². The zero-order valence-electron chi connectivity index (χ0n) is 18.7. The predicted octanol–water partition coefficient (Wildman–Crippen LogP) is 4.99. The zero-order valence-corrected chi connectivity index (χ0v) is 18.7. The highest BCUT2D eigenvalue weighted by atomic mass is 16.5. The van der Waals surface area contributed by atoms with Crippen molar-refractivity contribution in [1.82, 2.24) is 0 Å². The Kier molecular flexibility index (Phi) is 9.19. The van der Waals surface area contributed by atoms with Crippen molar-refractivity contribution in [3.63, 3.8) is 0 Å². The van der Waals surface area contributed by atoms with Gasteiger partial charge in [-0.15, -0.1) is 0 Å². The van der Waals surface area contributed by atoms with Crippen LogP contribution in [0.25, 0.3) is 0 Å². The van der Waals surface area contributed by atoms with Gasteiger partial charge in [0, 0.05) is 17.2 Å². The molecule has 0 fully saturated rings. The largest absolute Gasteiger partial charge is 0.464 e. The number of aliphatic imine (C=N–C) groups is 1. The Morgan fingerprint density at radius 2 is 1.42 bits per heavy atom. The summed E-state index contributed by atoms with van der Waals surface area (Å²) in [4.78, 5) is 30.3. The van der Waals surface area contributed by atoms with Gasteiger partial charge in [-0.2, -0.15) is 0 Å². The Hall–Kier alpha value is -3.21. The first-order valence-corrected chi connectivity index (χ1v) is 10.7. The SMILES string of the molecule is CCOC(=O)/C=C/C(CC(C)C)(N=C(c1ccccc1)c1ccccc1)C(=O)OCC. The van der Waals surface area contributed by atoms with Gasteiger partial charge < -0.3 is 9.47 Å². The van der Waals surface area contributed by atoms with Crippen LogP contribution in [0, 0.1) is 5.92 Å². The van der Waals surface area contributed by atoms with Crippen LogP contribution in [0.3, 0.4) is 0 Å². The molecule has 0 aliphatic heterocycles. The summed E-state index contributed by atoms with van der Waals surface area (Å²) >= 11 is 0. The van der Waals surface area contributed by atoms with E-state index < -0.39 is 17.5 Å². The quantitative estimate of drug-likeness (QED) is 0.308. The standard InChI is InChI=1S/C26H31NO4/c1-5-30-23(28)17-18-26(19-20(3)4,25(29)31-6-2)27-24(21-13-9-7-10-14-21)22-15-11-8-12-16-22/h7-18,20H,5-6,19H2,1-4H3/b18-17+. The molecule has 0 saturated carbocycles. The van der Waals surface area contributed by atoms with Crippen molar-refractivity contribution in [2.45, 2.75) is 39.7 Å². The number of carbonyl (C=O) groups is 2. The summed E-state index contributed by atoms with van der Waals surface area (Å²) in [6.45, 7) is 7.97. The first kappa shape index (κ1) is 24.1. The van der Waals surface area contributed by atoms with E-state index in [1.54, 1.807) is 13.8 Å². The second-order valence-electron chi connectivity index (χ2n) is 7.52. The molecule has 5 heteroatoms. The highest BCUT2D eigenvalue weighted by Gasteiger charge is 2.39. The van der Waals surface area contributed by atoms with Gasteiger partial charge in [-0.05, 0) is 32.3 Å². The van der Waals surface area contributed by atoms with Crippen molar-refractivity contribution >= 4 is 17.7 Å². The zero-order chi connectivity index (χ0) is 22.7. The van der Waals surface area contributed by atoms with E-state index in [1.165, 1.54) is 12.2 Å². The minimum Gasteiger partial charge on any atom is -0.464 e.